The lowest BCUT2D eigenvalue weighted by molar-refractivity contribution is -0.112. The molecule has 2 amide bonds. The van der Waals surface area contributed by atoms with Gasteiger partial charge in [-0.05, 0) is 59.2 Å². The third-order valence-electron chi connectivity index (χ3n) is 6.68. The Bertz CT molecular complexity index is 1750. The normalized spacial score (nSPS) is 11.0. The number of anilines is 2. The van der Waals surface area contributed by atoms with E-state index in [0.29, 0.717) is 27.5 Å². The predicted molar refractivity (Wildman–Crippen MR) is 173 cm³/mol. The molecule has 43 heavy (non-hydrogen) atoms. The standard InChI is InChI=1S/C36H28ClN3O3/c37-30-21-15-25(16-22-30)23-29(24-34(41)28-19-17-27(18-20-28)26-9-3-1-4-10-26)35(42)38-33-14-8-7-13-32(33)36(43)40-39-31-11-5-2-6-12-31/h1-23,39H,24H2,(H,38,42)(H,40,43)/b29-23+. The largest absolute Gasteiger partial charge is 0.321 e. The molecule has 0 fully saturated rings. The van der Waals surface area contributed by atoms with Crippen molar-refractivity contribution in [3.8, 4) is 11.1 Å². The lowest BCUT2D eigenvalue weighted by Crippen LogP contribution is -2.30. The quantitative estimate of drug-likeness (QED) is 0.0879. The van der Waals surface area contributed by atoms with Crippen molar-refractivity contribution in [2.75, 3.05) is 10.7 Å². The number of nitrogens with one attached hydrogen (secondary N) is 3. The highest BCUT2D eigenvalue weighted by atomic mass is 35.5. The molecular weight excluding hydrogens is 558 g/mol. The number of carbonyl (C=O) groups excluding carboxylic acids is 3. The zero-order chi connectivity index (χ0) is 30.0. The minimum Gasteiger partial charge on any atom is -0.321 e. The first kappa shape index (κ1) is 29.0. The van der Waals surface area contributed by atoms with E-state index >= 15 is 0 Å². The molecule has 0 aliphatic heterocycles. The number of hydrogen-bond donors (Lipinski definition) is 3. The molecule has 6 nitrogen and oxygen atoms in total. The van der Waals surface area contributed by atoms with Gasteiger partial charge in [-0.15, -0.1) is 0 Å². The Labute approximate surface area is 255 Å². The summed E-state index contributed by atoms with van der Waals surface area (Å²) >= 11 is 6.05. The smallest absolute Gasteiger partial charge is 0.271 e. The molecule has 0 bridgehead atoms. The van der Waals surface area contributed by atoms with Gasteiger partial charge in [-0.1, -0.05) is 109 Å². The van der Waals surface area contributed by atoms with Gasteiger partial charge in [0.1, 0.15) is 0 Å². The van der Waals surface area contributed by atoms with Crippen LogP contribution < -0.4 is 16.2 Å². The average Bonchev–Trinajstić information content (AvgIpc) is 3.05. The maximum atomic E-state index is 13.6. The van der Waals surface area contributed by atoms with E-state index in [9.17, 15) is 14.4 Å². The number of hydrogen-bond acceptors (Lipinski definition) is 4. The first-order chi connectivity index (χ1) is 21.0. The molecular formula is C36H28ClN3O3. The van der Waals surface area contributed by atoms with Crippen LogP contribution in [0, 0.1) is 0 Å². The van der Waals surface area contributed by atoms with Gasteiger partial charge >= 0.3 is 0 Å². The molecule has 0 heterocycles. The van der Waals surface area contributed by atoms with Crippen LogP contribution in [0.4, 0.5) is 11.4 Å². The fourth-order valence-electron chi connectivity index (χ4n) is 4.42. The van der Waals surface area contributed by atoms with Gasteiger partial charge in [0.2, 0.25) is 0 Å². The number of amides is 2. The minimum atomic E-state index is -0.500. The molecule has 5 rings (SSSR count). The lowest BCUT2D eigenvalue weighted by atomic mass is 9.98. The van der Waals surface area contributed by atoms with Crippen molar-refractivity contribution in [3.05, 3.63) is 161 Å². The Morgan fingerprint density at radius 3 is 1.95 bits per heavy atom. The molecule has 5 aromatic carbocycles. The summed E-state index contributed by atoms with van der Waals surface area (Å²) < 4.78 is 0. The van der Waals surface area contributed by atoms with E-state index in [0.717, 1.165) is 11.1 Å². The number of para-hydroxylation sites is 2. The van der Waals surface area contributed by atoms with Crippen LogP contribution in [0.1, 0.15) is 32.7 Å². The number of Topliss-reactive ketones (excluding diaryl/α,β-unsaturated/α-hetero) is 1. The highest BCUT2D eigenvalue weighted by Gasteiger charge is 2.19. The van der Waals surface area contributed by atoms with E-state index in [2.05, 4.69) is 16.2 Å². The molecule has 212 valence electrons. The number of rotatable bonds is 10. The van der Waals surface area contributed by atoms with Crippen molar-refractivity contribution in [2.45, 2.75) is 6.42 Å². The van der Waals surface area contributed by atoms with Crippen molar-refractivity contribution in [1.82, 2.24) is 5.43 Å². The summed E-state index contributed by atoms with van der Waals surface area (Å²) in [6, 6.07) is 40.0. The Kier molecular flexibility index (Phi) is 9.42. The topological polar surface area (TPSA) is 87.3 Å². The van der Waals surface area contributed by atoms with E-state index in [1.165, 1.54) is 0 Å². The fraction of sp³-hybridized carbons (Fsp3) is 0.0278. The Hall–Kier alpha value is -5.46. The molecule has 5 aromatic rings. The van der Waals surface area contributed by atoms with Gasteiger partial charge in [0.25, 0.3) is 11.8 Å². The number of hydrazine groups is 1. The van der Waals surface area contributed by atoms with Crippen LogP contribution in [0.25, 0.3) is 17.2 Å². The summed E-state index contributed by atoms with van der Waals surface area (Å²) in [5, 5.41) is 3.39. The predicted octanol–water partition coefficient (Wildman–Crippen LogP) is 8.06. The Morgan fingerprint density at radius 1 is 0.651 bits per heavy atom. The second kappa shape index (κ2) is 13.9. The maximum absolute atomic E-state index is 13.6. The van der Waals surface area contributed by atoms with E-state index in [1.807, 2.05) is 72.8 Å². The Morgan fingerprint density at radius 2 is 1.26 bits per heavy atom. The van der Waals surface area contributed by atoms with Crippen molar-refractivity contribution < 1.29 is 14.4 Å². The Balaban J connectivity index is 1.36. The summed E-state index contributed by atoms with van der Waals surface area (Å²) in [4.78, 5) is 40.0. The second-order valence-corrected chi connectivity index (χ2v) is 10.1. The van der Waals surface area contributed by atoms with Gasteiger partial charge in [-0.25, -0.2) is 0 Å². The first-order valence-electron chi connectivity index (χ1n) is 13.6. The molecule has 0 aromatic heterocycles. The third-order valence-corrected chi connectivity index (χ3v) is 6.93. The second-order valence-electron chi connectivity index (χ2n) is 9.71. The summed E-state index contributed by atoms with van der Waals surface area (Å²) in [6.07, 6.45) is 1.50. The van der Waals surface area contributed by atoms with Crippen LogP contribution in [0.3, 0.4) is 0 Å². The summed E-state index contributed by atoms with van der Waals surface area (Å²) in [5.41, 5.74) is 10.3. The zero-order valence-electron chi connectivity index (χ0n) is 23.1. The third kappa shape index (κ3) is 7.85. The van der Waals surface area contributed by atoms with Gasteiger partial charge in [0.15, 0.2) is 5.78 Å². The van der Waals surface area contributed by atoms with Crippen LogP contribution in [-0.2, 0) is 4.79 Å². The lowest BCUT2D eigenvalue weighted by Gasteiger charge is -2.14. The fourth-order valence-corrected chi connectivity index (χ4v) is 4.55. The highest BCUT2D eigenvalue weighted by molar-refractivity contribution is 6.30. The van der Waals surface area contributed by atoms with Crippen molar-refractivity contribution in [3.63, 3.8) is 0 Å². The van der Waals surface area contributed by atoms with Gasteiger partial charge in [-0.2, -0.15) is 0 Å². The number of carbonyl (C=O) groups is 3. The highest BCUT2D eigenvalue weighted by Crippen LogP contribution is 2.23. The molecule has 0 saturated heterocycles. The van der Waals surface area contributed by atoms with E-state index in [-0.39, 0.29) is 23.3 Å². The number of benzene rings is 5. The number of halogens is 1. The summed E-state index contributed by atoms with van der Waals surface area (Å²) in [6.45, 7) is 0. The molecule has 3 N–H and O–H groups in total. The number of ketones is 1. The van der Waals surface area contributed by atoms with Crippen molar-refractivity contribution in [1.29, 1.82) is 0 Å². The summed E-state index contributed by atoms with van der Waals surface area (Å²) in [7, 11) is 0. The molecule has 0 aliphatic carbocycles. The van der Waals surface area contributed by atoms with E-state index in [4.69, 9.17) is 11.6 Å². The van der Waals surface area contributed by atoms with Crippen molar-refractivity contribution >= 4 is 46.6 Å². The molecule has 0 saturated carbocycles. The van der Waals surface area contributed by atoms with Crippen molar-refractivity contribution in [2.24, 2.45) is 0 Å². The average molecular weight is 586 g/mol. The van der Waals surface area contributed by atoms with Gasteiger partial charge in [-0.3, -0.25) is 25.2 Å². The van der Waals surface area contributed by atoms with Crippen LogP contribution in [0.2, 0.25) is 5.02 Å². The monoisotopic (exact) mass is 585 g/mol. The molecule has 0 aliphatic rings. The first-order valence-corrected chi connectivity index (χ1v) is 14.0. The van der Waals surface area contributed by atoms with Gasteiger partial charge < -0.3 is 5.32 Å². The van der Waals surface area contributed by atoms with Crippen LogP contribution in [0.5, 0.6) is 0 Å². The SMILES string of the molecule is O=C(Nc1ccccc1C(=O)NNc1ccccc1)/C(=C/c1ccc(Cl)cc1)CC(=O)c1ccc(-c2ccccc2)cc1. The van der Waals surface area contributed by atoms with Crippen LogP contribution in [0.15, 0.2) is 139 Å². The van der Waals surface area contributed by atoms with Gasteiger partial charge in [0, 0.05) is 22.6 Å². The molecule has 0 spiro atoms. The molecule has 0 unspecified atom stereocenters. The molecule has 7 heteroatoms. The summed E-state index contributed by atoms with van der Waals surface area (Å²) in [5.74, 6) is -1.15. The van der Waals surface area contributed by atoms with E-state index in [1.54, 1.807) is 66.7 Å². The minimum absolute atomic E-state index is 0.150. The maximum Gasteiger partial charge on any atom is 0.271 e. The zero-order valence-corrected chi connectivity index (χ0v) is 23.8. The van der Waals surface area contributed by atoms with Crippen LogP contribution >= 0.6 is 11.6 Å². The molecule has 0 atom stereocenters. The van der Waals surface area contributed by atoms with Gasteiger partial charge in [0.05, 0.1) is 16.9 Å². The van der Waals surface area contributed by atoms with E-state index < -0.39 is 11.8 Å². The molecule has 0 radical (unpaired) electrons. The van der Waals surface area contributed by atoms with Crippen LogP contribution in [-0.4, -0.2) is 17.6 Å².